The van der Waals surface area contributed by atoms with Crippen LogP contribution in [0.1, 0.15) is 31.1 Å². The van der Waals surface area contributed by atoms with E-state index in [1.807, 2.05) is 25.7 Å². The van der Waals surface area contributed by atoms with Gasteiger partial charge in [-0.1, -0.05) is 0 Å². The molecule has 1 aromatic rings. The van der Waals surface area contributed by atoms with Gasteiger partial charge in [0.1, 0.15) is 11.4 Å². The molecule has 1 fully saturated rings. The zero-order valence-electron chi connectivity index (χ0n) is 13.9. The van der Waals surface area contributed by atoms with Crippen molar-refractivity contribution in [2.75, 3.05) is 38.5 Å². The van der Waals surface area contributed by atoms with E-state index in [0.717, 1.165) is 0 Å². The van der Waals surface area contributed by atoms with Crippen molar-refractivity contribution < 1.29 is 14.3 Å². The van der Waals surface area contributed by atoms with Crippen molar-refractivity contribution in [1.29, 1.82) is 0 Å². The first-order valence-electron chi connectivity index (χ1n) is 7.69. The third kappa shape index (κ3) is 5.21. The van der Waals surface area contributed by atoms with E-state index in [-0.39, 0.29) is 18.4 Å². The first kappa shape index (κ1) is 17.2. The van der Waals surface area contributed by atoms with Crippen LogP contribution >= 0.6 is 0 Å². The third-order valence-electron chi connectivity index (χ3n) is 3.46. The summed E-state index contributed by atoms with van der Waals surface area (Å²) < 4.78 is 5.32. The van der Waals surface area contributed by atoms with E-state index >= 15 is 0 Å². The second kappa shape index (κ2) is 6.95. The van der Waals surface area contributed by atoms with Crippen molar-refractivity contribution in [3.05, 3.63) is 23.9 Å². The zero-order valence-corrected chi connectivity index (χ0v) is 13.9. The number of aromatic nitrogens is 1. The Hall–Kier alpha value is -2.15. The molecule has 0 radical (unpaired) electrons. The number of carbonyl (C=O) groups excluding carboxylic acids is 2. The standard InChI is InChI=1S/C16H24N4O3/c1-16(2,3)23-14(21)11-19-6-8-20(9-7-19)15(22)12-4-5-18-13(17)10-12/h4-5,10H,6-9,11H2,1-3H3,(H2,17,18). The summed E-state index contributed by atoms with van der Waals surface area (Å²) in [6, 6.07) is 3.24. The third-order valence-corrected chi connectivity index (χ3v) is 3.46. The van der Waals surface area contributed by atoms with Gasteiger partial charge in [-0.05, 0) is 32.9 Å². The van der Waals surface area contributed by atoms with Gasteiger partial charge in [-0.25, -0.2) is 4.98 Å². The van der Waals surface area contributed by atoms with Gasteiger partial charge in [0, 0.05) is 37.9 Å². The molecule has 1 amide bonds. The number of rotatable bonds is 3. The quantitative estimate of drug-likeness (QED) is 0.827. The molecule has 1 aromatic heterocycles. The Kier molecular flexibility index (Phi) is 5.20. The average Bonchev–Trinajstić information content (AvgIpc) is 2.45. The summed E-state index contributed by atoms with van der Waals surface area (Å²) in [6.45, 7) is 8.23. The SMILES string of the molecule is CC(C)(C)OC(=O)CN1CCN(C(=O)c2ccnc(N)c2)CC1. The minimum Gasteiger partial charge on any atom is -0.459 e. The van der Waals surface area contributed by atoms with Crippen LogP contribution < -0.4 is 5.73 Å². The van der Waals surface area contributed by atoms with Crippen LogP contribution in [0.25, 0.3) is 0 Å². The number of amides is 1. The smallest absolute Gasteiger partial charge is 0.320 e. The Morgan fingerprint density at radius 3 is 2.48 bits per heavy atom. The number of piperazine rings is 1. The van der Waals surface area contributed by atoms with Gasteiger partial charge in [0.25, 0.3) is 5.91 Å². The number of carbonyl (C=O) groups is 2. The van der Waals surface area contributed by atoms with Crippen LogP contribution in [0, 0.1) is 0 Å². The molecule has 0 atom stereocenters. The minimum atomic E-state index is -0.476. The fourth-order valence-electron chi connectivity index (χ4n) is 2.43. The van der Waals surface area contributed by atoms with Crippen molar-refractivity contribution >= 4 is 17.7 Å². The highest BCUT2D eigenvalue weighted by atomic mass is 16.6. The van der Waals surface area contributed by atoms with Gasteiger partial charge in [0.05, 0.1) is 6.54 Å². The number of ether oxygens (including phenoxy) is 1. The molecule has 0 aliphatic carbocycles. The molecule has 2 rings (SSSR count). The molecule has 1 saturated heterocycles. The van der Waals surface area contributed by atoms with Gasteiger partial charge < -0.3 is 15.4 Å². The monoisotopic (exact) mass is 320 g/mol. The fraction of sp³-hybridized carbons (Fsp3) is 0.562. The molecule has 1 aliphatic heterocycles. The van der Waals surface area contributed by atoms with Gasteiger partial charge >= 0.3 is 5.97 Å². The molecular weight excluding hydrogens is 296 g/mol. The van der Waals surface area contributed by atoms with E-state index in [1.165, 1.54) is 6.20 Å². The van der Waals surface area contributed by atoms with Crippen molar-refractivity contribution in [1.82, 2.24) is 14.8 Å². The average molecular weight is 320 g/mol. The van der Waals surface area contributed by atoms with Gasteiger partial charge in [-0.3, -0.25) is 14.5 Å². The molecule has 0 bridgehead atoms. The number of esters is 1. The maximum absolute atomic E-state index is 12.4. The number of nitrogens with two attached hydrogens (primary N) is 1. The fourth-order valence-corrected chi connectivity index (χ4v) is 2.43. The minimum absolute atomic E-state index is 0.0592. The first-order chi connectivity index (χ1) is 10.7. The Bertz CT molecular complexity index is 575. The van der Waals surface area contributed by atoms with Gasteiger partial charge in [0.2, 0.25) is 0 Å². The Labute approximate surface area is 136 Å². The molecule has 1 aliphatic rings. The number of anilines is 1. The molecule has 0 spiro atoms. The van der Waals surface area contributed by atoms with E-state index < -0.39 is 5.60 Å². The molecule has 23 heavy (non-hydrogen) atoms. The summed E-state index contributed by atoms with van der Waals surface area (Å²) in [4.78, 5) is 31.9. The second-order valence-corrected chi connectivity index (χ2v) is 6.62. The molecule has 0 saturated carbocycles. The topological polar surface area (TPSA) is 88.8 Å². The summed E-state index contributed by atoms with van der Waals surface area (Å²) in [5.41, 5.74) is 5.68. The highest BCUT2D eigenvalue weighted by Crippen LogP contribution is 2.12. The number of pyridine rings is 1. The second-order valence-electron chi connectivity index (χ2n) is 6.62. The lowest BCUT2D eigenvalue weighted by Crippen LogP contribution is -2.50. The number of nitrogens with zero attached hydrogens (tertiary/aromatic N) is 3. The molecule has 126 valence electrons. The van der Waals surface area contributed by atoms with Crippen LogP contribution in [0.2, 0.25) is 0 Å². The molecule has 7 nitrogen and oxygen atoms in total. The summed E-state index contributed by atoms with van der Waals surface area (Å²) >= 11 is 0. The Morgan fingerprint density at radius 2 is 1.91 bits per heavy atom. The predicted molar refractivity (Wildman–Crippen MR) is 86.8 cm³/mol. The lowest BCUT2D eigenvalue weighted by atomic mass is 10.2. The Morgan fingerprint density at radius 1 is 1.26 bits per heavy atom. The van der Waals surface area contributed by atoms with Crippen molar-refractivity contribution in [2.45, 2.75) is 26.4 Å². The summed E-state index contributed by atoms with van der Waals surface area (Å²) in [6.07, 6.45) is 1.53. The molecular formula is C16H24N4O3. The summed E-state index contributed by atoms with van der Waals surface area (Å²) in [7, 11) is 0. The number of hydrogen-bond donors (Lipinski definition) is 1. The zero-order chi connectivity index (χ0) is 17.0. The van der Waals surface area contributed by atoms with Crippen molar-refractivity contribution in [3.63, 3.8) is 0 Å². The van der Waals surface area contributed by atoms with Gasteiger partial charge in [0.15, 0.2) is 0 Å². The predicted octanol–water partition coefficient (Wildman–Crippen LogP) is 0.763. The lowest BCUT2D eigenvalue weighted by Gasteiger charge is -2.34. The van der Waals surface area contributed by atoms with Crippen molar-refractivity contribution in [3.8, 4) is 0 Å². The molecule has 7 heteroatoms. The highest BCUT2D eigenvalue weighted by molar-refractivity contribution is 5.94. The summed E-state index contributed by atoms with van der Waals surface area (Å²) in [5.74, 6) is 0.0367. The molecule has 2 N–H and O–H groups in total. The van der Waals surface area contributed by atoms with E-state index in [0.29, 0.717) is 37.6 Å². The Balaban J connectivity index is 1.84. The normalized spacial score (nSPS) is 16.2. The van der Waals surface area contributed by atoms with E-state index in [4.69, 9.17) is 10.5 Å². The van der Waals surface area contributed by atoms with E-state index in [1.54, 1.807) is 17.0 Å². The molecule has 0 aromatic carbocycles. The molecule has 2 heterocycles. The van der Waals surface area contributed by atoms with Gasteiger partial charge in [-0.2, -0.15) is 0 Å². The van der Waals surface area contributed by atoms with Crippen molar-refractivity contribution in [2.24, 2.45) is 0 Å². The van der Waals surface area contributed by atoms with Crippen LogP contribution in [-0.4, -0.2) is 65.0 Å². The van der Waals surface area contributed by atoms with Crippen LogP contribution in [0.15, 0.2) is 18.3 Å². The van der Waals surface area contributed by atoms with Gasteiger partial charge in [-0.15, -0.1) is 0 Å². The summed E-state index contributed by atoms with van der Waals surface area (Å²) in [5, 5.41) is 0. The van der Waals surface area contributed by atoms with Crippen LogP contribution in [-0.2, 0) is 9.53 Å². The lowest BCUT2D eigenvalue weighted by molar-refractivity contribution is -0.156. The number of nitrogen functional groups attached to an aromatic ring is 1. The van der Waals surface area contributed by atoms with Crippen LogP contribution in [0.5, 0.6) is 0 Å². The highest BCUT2D eigenvalue weighted by Gasteiger charge is 2.25. The van der Waals surface area contributed by atoms with Crippen LogP contribution in [0.4, 0.5) is 5.82 Å². The first-order valence-corrected chi connectivity index (χ1v) is 7.69. The number of hydrogen-bond acceptors (Lipinski definition) is 6. The van der Waals surface area contributed by atoms with Crippen LogP contribution in [0.3, 0.4) is 0 Å². The molecule has 0 unspecified atom stereocenters. The maximum atomic E-state index is 12.4. The maximum Gasteiger partial charge on any atom is 0.320 e. The van der Waals surface area contributed by atoms with E-state index in [9.17, 15) is 9.59 Å². The van der Waals surface area contributed by atoms with E-state index in [2.05, 4.69) is 4.98 Å². The largest absolute Gasteiger partial charge is 0.459 e.